The second kappa shape index (κ2) is 4.73. The molecule has 0 aliphatic carbocycles. The molecule has 0 aromatic carbocycles. The fourth-order valence-corrected chi connectivity index (χ4v) is 1.96. The van der Waals surface area contributed by atoms with E-state index in [1.807, 2.05) is 18.3 Å². The fraction of sp³-hybridized carbons (Fsp3) is 0.200. The van der Waals surface area contributed by atoms with Gasteiger partial charge in [0.05, 0.1) is 4.47 Å². The molecule has 3 aromatic heterocycles. The molecule has 0 atom stereocenters. The minimum absolute atomic E-state index is 0.574. The van der Waals surface area contributed by atoms with Crippen molar-refractivity contribution in [2.45, 2.75) is 6.42 Å². The van der Waals surface area contributed by atoms with Crippen LogP contribution in [0.25, 0.3) is 5.65 Å². The van der Waals surface area contributed by atoms with Crippen LogP contribution in [0.1, 0.15) is 5.82 Å². The Morgan fingerprint density at radius 2 is 2.39 bits per heavy atom. The standard InChI is InChI=1S/C10H9BrN6O/c11-7-2-1-5-17-9(7)14-10(15-17)12-4-3-8-13-6-18-16-8/h1-2,5-6H,3-4H2,(H,12,15). The SMILES string of the molecule is Brc1cccn2nc(NCCc3ncon3)nc12. The Morgan fingerprint density at radius 3 is 3.17 bits per heavy atom. The van der Waals surface area contributed by atoms with Gasteiger partial charge >= 0.3 is 0 Å². The predicted octanol–water partition coefficient (Wildman–Crippen LogP) is 1.53. The zero-order valence-electron chi connectivity index (χ0n) is 9.25. The highest BCUT2D eigenvalue weighted by atomic mass is 79.9. The summed E-state index contributed by atoms with van der Waals surface area (Å²) >= 11 is 3.43. The van der Waals surface area contributed by atoms with E-state index in [1.165, 1.54) is 6.39 Å². The summed E-state index contributed by atoms with van der Waals surface area (Å²) in [7, 11) is 0. The molecule has 92 valence electrons. The van der Waals surface area contributed by atoms with E-state index in [2.05, 4.69) is 46.0 Å². The van der Waals surface area contributed by atoms with Gasteiger partial charge in [-0.25, -0.2) is 4.52 Å². The molecule has 18 heavy (non-hydrogen) atoms. The average Bonchev–Trinajstić information content (AvgIpc) is 2.98. The summed E-state index contributed by atoms with van der Waals surface area (Å²) in [6.07, 6.45) is 3.82. The zero-order chi connectivity index (χ0) is 12.4. The number of nitrogens with one attached hydrogen (secondary N) is 1. The number of hydrogen-bond donors (Lipinski definition) is 1. The molecule has 0 spiro atoms. The second-order valence-electron chi connectivity index (χ2n) is 3.58. The lowest BCUT2D eigenvalue weighted by Gasteiger charge is -1.96. The van der Waals surface area contributed by atoms with E-state index >= 15 is 0 Å². The molecule has 0 bridgehead atoms. The van der Waals surface area contributed by atoms with Crippen LogP contribution in [0, 0.1) is 0 Å². The Morgan fingerprint density at radius 1 is 1.44 bits per heavy atom. The smallest absolute Gasteiger partial charge is 0.243 e. The van der Waals surface area contributed by atoms with Crippen LogP contribution in [-0.2, 0) is 6.42 Å². The summed E-state index contributed by atoms with van der Waals surface area (Å²) < 4.78 is 7.27. The van der Waals surface area contributed by atoms with Gasteiger partial charge in [0.1, 0.15) is 0 Å². The van der Waals surface area contributed by atoms with Gasteiger partial charge in [0.15, 0.2) is 11.5 Å². The number of halogens is 1. The molecule has 0 unspecified atom stereocenters. The highest BCUT2D eigenvalue weighted by Crippen LogP contribution is 2.16. The first-order chi connectivity index (χ1) is 8.83. The van der Waals surface area contributed by atoms with Crippen molar-refractivity contribution in [1.29, 1.82) is 0 Å². The van der Waals surface area contributed by atoms with Crippen LogP contribution < -0.4 is 5.32 Å². The maximum atomic E-state index is 4.65. The first-order valence-corrected chi connectivity index (χ1v) is 6.12. The third-order valence-electron chi connectivity index (χ3n) is 2.35. The predicted molar refractivity (Wildman–Crippen MR) is 67.2 cm³/mol. The first-order valence-electron chi connectivity index (χ1n) is 5.33. The normalized spacial score (nSPS) is 10.9. The van der Waals surface area contributed by atoms with Gasteiger partial charge in [-0.15, -0.1) is 5.10 Å². The topological polar surface area (TPSA) is 81.1 Å². The Balaban J connectivity index is 1.69. The number of rotatable bonds is 4. The average molecular weight is 309 g/mol. The van der Waals surface area contributed by atoms with Crippen LogP contribution >= 0.6 is 15.9 Å². The van der Waals surface area contributed by atoms with Crippen LogP contribution in [0.5, 0.6) is 0 Å². The lowest BCUT2D eigenvalue weighted by Crippen LogP contribution is -2.07. The quantitative estimate of drug-likeness (QED) is 0.787. The van der Waals surface area contributed by atoms with Crippen LogP contribution in [-0.4, -0.2) is 31.3 Å². The molecule has 0 aliphatic rings. The highest BCUT2D eigenvalue weighted by molar-refractivity contribution is 9.10. The Kier molecular flexibility index (Phi) is 2.93. The van der Waals surface area contributed by atoms with Crippen molar-refractivity contribution in [1.82, 2.24) is 24.7 Å². The molecule has 8 heteroatoms. The first kappa shape index (κ1) is 11.1. The second-order valence-corrected chi connectivity index (χ2v) is 4.44. The number of fused-ring (bicyclic) bond motifs is 1. The summed E-state index contributed by atoms with van der Waals surface area (Å²) in [5, 5.41) is 11.1. The molecule has 3 heterocycles. The van der Waals surface area contributed by atoms with E-state index in [0.29, 0.717) is 24.7 Å². The van der Waals surface area contributed by atoms with Gasteiger partial charge in [-0.05, 0) is 28.1 Å². The monoisotopic (exact) mass is 308 g/mol. The van der Waals surface area contributed by atoms with Crippen LogP contribution in [0.2, 0.25) is 0 Å². The number of pyridine rings is 1. The van der Waals surface area contributed by atoms with E-state index < -0.39 is 0 Å². The maximum absolute atomic E-state index is 4.65. The molecule has 0 aliphatic heterocycles. The van der Waals surface area contributed by atoms with E-state index in [9.17, 15) is 0 Å². The molecule has 1 N–H and O–H groups in total. The maximum Gasteiger partial charge on any atom is 0.243 e. The minimum atomic E-state index is 0.574. The zero-order valence-corrected chi connectivity index (χ0v) is 10.8. The van der Waals surface area contributed by atoms with E-state index in [4.69, 9.17) is 0 Å². The summed E-state index contributed by atoms with van der Waals surface area (Å²) in [6.45, 7) is 0.647. The lowest BCUT2D eigenvalue weighted by molar-refractivity contribution is 0.410. The van der Waals surface area contributed by atoms with Crippen molar-refractivity contribution >= 4 is 27.5 Å². The Labute approximate surface area is 110 Å². The molecule has 3 aromatic rings. The third kappa shape index (κ3) is 2.19. The van der Waals surface area contributed by atoms with E-state index in [0.717, 1.165) is 10.1 Å². The molecule has 0 saturated heterocycles. The van der Waals surface area contributed by atoms with Crippen molar-refractivity contribution in [3.8, 4) is 0 Å². The minimum Gasteiger partial charge on any atom is -0.352 e. The van der Waals surface area contributed by atoms with E-state index in [-0.39, 0.29) is 0 Å². The molecule has 3 rings (SSSR count). The largest absolute Gasteiger partial charge is 0.352 e. The van der Waals surface area contributed by atoms with Gasteiger partial charge in [0.25, 0.3) is 0 Å². The summed E-state index contributed by atoms with van der Waals surface area (Å²) in [6, 6.07) is 3.82. The fourth-order valence-electron chi connectivity index (χ4n) is 1.54. The Hall–Kier alpha value is -1.96. The van der Waals surface area contributed by atoms with Gasteiger partial charge in [-0.1, -0.05) is 5.16 Å². The lowest BCUT2D eigenvalue weighted by atomic mass is 10.4. The molecule has 0 saturated carbocycles. The van der Waals surface area contributed by atoms with Crippen molar-refractivity contribution < 1.29 is 4.52 Å². The highest BCUT2D eigenvalue weighted by Gasteiger charge is 2.06. The number of nitrogens with zero attached hydrogens (tertiary/aromatic N) is 5. The van der Waals surface area contributed by atoms with Crippen molar-refractivity contribution in [2.24, 2.45) is 0 Å². The Bertz CT molecular complexity index is 649. The van der Waals surface area contributed by atoms with Crippen LogP contribution in [0.15, 0.2) is 33.7 Å². The van der Waals surface area contributed by atoms with Crippen LogP contribution in [0.3, 0.4) is 0 Å². The van der Waals surface area contributed by atoms with E-state index in [1.54, 1.807) is 4.52 Å². The van der Waals surface area contributed by atoms with Crippen LogP contribution in [0.4, 0.5) is 5.95 Å². The van der Waals surface area contributed by atoms with Gasteiger partial charge in [-0.2, -0.15) is 9.97 Å². The molecule has 7 nitrogen and oxygen atoms in total. The molecular weight excluding hydrogens is 300 g/mol. The molecule has 0 fully saturated rings. The van der Waals surface area contributed by atoms with Gasteiger partial charge in [-0.3, -0.25) is 0 Å². The van der Waals surface area contributed by atoms with Crippen molar-refractivity contribution in [3.63, 3.8) is 0 Å². The summed E-state index contributed by atoms with van der Waals surface area (Å²) in [5.41, 5.74) is 0.777. The molecule has 0 amide bonds. The number of aromatic nitrogens is 5. The van der Waals surface area contributed by atoms with Gasteiger partial charge in [0, 0.05) is 19.2 Å². The molecular formula is C10H9BrN6O. The summed E-state index contributed by atoms with van der Waals surface area (Å²) in [5.74, 6) is 1.23. The van der Waals surface area contributed by atoms with Crippen molar-refractivity contribution in [2.75, 3.05) is 11.9 Å². The van der Waals surface area contributed by atoms with Gasteiger partial charge < -0.3 is 9.84 Å². The number of anilines is 1. The third-order valence-corrected chi connectivity index (χ3v) is 2.97. The van der Waals surface area contributed by atoms with Gasteiger partial charge in [0.2, 0.25) is 12.3 Å². The number of hydrogen-bond acceptors (Lipinski definition) is 6. The van der Waals surface area contributed by atoms with Crippen molar-refractivity contribution in [3.05, 3.63) is 35.0 Å². The molecule has 0 radical (unpaired) electrons. The summed E-state index contributed by atoms with van der Waals surface area (Å²) in [4.78, 5) is 8.29.